The summed E-state index contributed by atoms with van der Waals surface area (Å²) in [6, 6.07) is 0. The fourth-order valence-electron chi connectivity index (χ4n) is 1.74. The molecule has 4 nitrogen and oxygen atoms in total. The maximum atomic E-state index is 11.2. The van der Waals surface area contributed by atoms with E-state index in [4.69, 9.17) is 0 Å². The quantitative estimate of drug-likeness (QED) is 0.617. The molecule has 0 unspecified atom stereocenters. The van der Waals surface area contributed by atoms with Gasteiger partial charge in [0.25, 0.3) is 0 Å². The molecule has 1 aliphatic rings. The van der Waals surface area contributed by atoms with Crippen LogP contribution in [0.25, 0.3) is 0 Å². The van der Waals surface area contributed by atoms with Gasteiger partial charge in [0.2, 0.25) is 0 Å². The van der Waals surface area contributed by atoms with Crippen molar-refractivity contribution in [2.45, 2.75) is 25.2 Å². The molecule has 0 radical (unpaired) electrons. The zero-order valence-corrected chi connectivity index (χ0v) is 7.64. The predicted molar refractivity (Wildman–Crippen MR) is 48.6 cm³/mol. The summed E-state index contributed by atoms with van der Waals surface area (Å²) in [6.07, 6.45) is 5.77. The van der Waals surface area contributed by atoms with E-state index in [0.717, 1.165) is 5.56 Å². The van der Waals surface area contributed by atoms with Crippen molar-refractivity contribution >= 4 is 11.6 Å². The van der Waals surface area contributed by atoms with Crippen LogP contribution in [0.4, 0.5) is 0 Å². The number of ketones is 2. The molecule has 4 heteroatoms. The number of nitrogens with zero attached hydrogens (tertiary/aromatic N) is 2. The summed E-state index contributed by atoms with van der Waals surface area (Å²) < 4.78 is 0. The van der Waals surface area contributed by atoms with Crippen LogP contribution >= 0.6 is 0 Å². The third kappa shape index (κ3) is 1.84. The second-order valence-corrected chi connectivity index (χ2v) is 3.53. The third-order valence-electron chi connectivity index (χ3n) is 2.39. The molecule has 1 aromatic heterocycles. The first-order valence-electron chi connectivity index (χ1n) is 4.54. The minimum absolute atomic E-state index is 0.00931. The molecular formula is C10H10N2O2. The van der Waals surface area contributed by atoms with Crippen LogP contribution in [0.3, 0.4) is 0 Å². The van der Waals surface area contributed by atoms with Gasteiger partial charge in [-0.15, -0.1) is 0 Å². The second kappa shape index (κ2) is 3.65. The van der Waals surface area contributed by atoms with Crippen molar-refractivity contribution < 1.29 is 9.59 Å². The van der Waals surface area contributed by atoms with Gasteiger partial charge in [0, 0.05) is 31.2 Å². The molecule has 1 aromatic rings. The number of rotatable bonds is 1. The summed E-state index contributed by atoms with van der Waals surface area (Å²) in [5, 5.41) is 0. The van der Waals surface area contributed by atoms with Crippen LogP contribution in [-0.4, -0.2) is 21.5 Å². The summed E-state index contributed by atoms with van der Waals surface area (Å²) in [6.45, 7) is 0. The normalized spacial score (nSPS) is 18.6. The largest absolute Gasteiger partial charge is 0.299 e. The second-order valence-electron chi connectivity index (χ2n) is 3.53. The van der Waals surface area contributed by atoms with E-state index < -0.39 is 0 Å². The number of hydrogen-bond donors (Lipinski definition) is 0. The minimum Gasteiger partial charge on any atom is -0.299 e. The summed E-state index contributed by atoms with van der Waals surface area (Å²) in [7, 11) is 0. The molecule has 1 aliphatic carbocycles. The topological polar surface area (TPSA) is 59.9 Å². The lowest BCUT2D eigenvalue weighted by Crippen LogP contribution is -2.21. The van der Waals surface area contributed by atoms with Gasteiger partial charge < -0.3 is 0 Å². The van der Waals surface area contributed by atoms with Gasteiger partial charge in [-0.2, -0.15) is 0 Å². The van der Waals surface area contributed by atoms with Crippen LogP contribution in [0.15, 0.2) is 18.7 Å². The Kier molecular flexibility index (Phi) is 2.35. The average Bonchev–Trinajstić information content (AvgIpc) is 2.18. The van der Waals surface area contributed by atoms with Gasteiger partial charge in [-0.05, 0) is 5.56 Å². The molecule has 0 bridgehead atoms. The molecule has 0 atom stereocenters. The number of hydrogen-bond acceptors (Lipinski definition) is 4. The van der Waals surface area contributed by atoms with Gasteiger partial charge >= 0.3 is 0 Å². The SMILES string of the molecule is O=C1CC(=O)CC(c2cncnc2)C1. The standard InChI is InChI=1S/C10H10N2O2/c13-9-1-7(2-10(14)3-9)8-4-11-6-12-5-8/h4-7H,1-3H2. The van der Waals surface area contributed by atoms with Gasteiger partial charge in [-0.1, -0.05) is 0 Å². The molecule has 0 N–H and O–H groups in total. The highest BCUT2D eigenvalue weighted by atomic mass is 16.1. The van der Waals surface area contributed by atoms with Crippen LogP contribution in [0.2, 0.25) is 0 Å². The van der Waals surface area contributed by atoms with Gasteiger partial charge in [0.05, 0.1) is 6.42 Å². The first-order chi connectivity index (χ1) is 6.75. The maximum Gasteiger partial charge on any atom is 0.140 e. The molecule has 1 fully saturated rings. The highest BCUT2D eigenvalue weighted by Crippen LogP contribution is 2.27. The first kappa shape index (κ1) is 8.99. The van der Waals surface area contributed by atoms with Crippen molar-refractivity contribution in [3.63, 3.8) is 0 Å². The average molecular weight is 190 g/mol. The Labute approximate surface area is 81.4 Å². The number of aromatic nitrogens is 2. The third-order valence-corrected chi connectivity index (χ3v) is 2.39. The Morgan fingerprint density at radius 3 is 2.21 bits per heavy atom. The molecule has 0 spiro atoms. The summed E-state index contributed by atoms with van der Waals surface area (Å²) >= 11 is 0. The minimum atomic E-state index is -0.00931. The van der Waals surface area contributed by atoms with Crippen LogP contribution < -0.4 is 0 Å². The van der Waals surface area contributed by atoms with Crippen molar-refractivity contribution in [2.24, 2.45) is 0 Å². The van der Waals surface area contributed by atoms with Crippen molar-refractivity contribution in [1.29, 1.82) is 0 Å². The van der Waals surface area contributed by atoms with Gasteiger partial charge in [0.1, 0.15) is 17.9 Å². The molecule has 72 valence electrons. The highest BCUT2D eigenvalue weighted by molar-refractivity contribution is 6.02. The van der Waals surface area contributed by atoms with Crippen LogP contribution in [0.5, 0.6) is 0 Å². The molecule has 0 aromatic carbocycles. The van der Waals surface area contributed by atoms with E-state index in [1.807, 2.05) is 0 Å². The molecule has 0 amide bonds. The molecule has 0 saturated heterocycles. The lowest BCUT2D eigenvalue weighted by atomic mass is 9.84. The predicted octanol–water partition coefficient (Wildman–Crippen LogP) is 0.882. The molecular weight excluding hydrogens is 180 g/mol. The fourth-order valence-corrected chi connectivity index (χ4v) is 1.74. The zero-order chi connectivity index (χ0) is 9.97. The Balaban J connectivity index is 2.19. The van der Waals surface area contributed by atoms with Crippen LogP contribution in [0, 0.1) is 0 Å². The van der Waals surface area contributed by atoms with E-state index in [9.17, 15) is 9.59 Å². The summed E-state index contributed by atoms with van der Waals surface area (Å²) in [5.41, 5.74) is 0.883. The summed E-state index contributed by atoms with van der Waals surface area (Å²) in [4.78, 5) is 30.1. The zero-order valence-electron chi connectivity index (χ0n) is 7.64. The maximum absolute atomic E-state index is 11.2. The van der Waals surface area contributed by atoms with Gasteiger partial charge in [0.15, 0.2) is 0 Å². The van der Waals surface area contributed by atoms with E-state index in [2.05, 4.69) is 9.97 Å². The van der Waals surface area contributed by atoms with E-state index in [1.54, 1.807) is 12.4 Å². The molecule has 1 saturated carbocycles. The lowest BCUT2D eigenvalue weighted by molar-refractivity contribution is -0.130. The van der Waals surface area contributed by atoms with E-state index in [0.29, 0.717) is 12.8 Å². The number of carbonyl (C=O) groups excluding carboxylic acids is 2. The Hall–Kier alpha value is -1.58. The first-order valence-corrected chi connectivity index (χ1v) is 4.54. The van der Waals surface area contributed by atoms with E-state index >= 15 is 0 Å². The van der Waals surface area contributed by atoms with Crippen LogP contribution in [0.1, 0.15) is 30.7 Å². The Bertz CT molecular complexity index is 346. The van der Waals surface area contributed by atoms with Crippen molar-refractivity contribution in [2.75, 3.05) is 0 Å². The lowest BCUT2D eigenvalue weighted by Gasteiger charge is -2.19. The molecule has 14 heavy (non-hydrogen) atoms. The van der Waals surface area contributed by atoms with Gasteiger partial charge in [-0.3, -0.25) is 9.59 Å². The van der Waals surface area contributed by atoms with E-state index in [1.165, 1.54) is 6.33 Å². The highest BCUT2D eigenvalue weighted by Gasteiger charge is 2.26. The molecule has 1 heterocycles. The Morgan fingerprint density at radius 2 is 1.64 bits per heavy atom. The summed E-state index contributed by atoms with van der Waals surface area (Å²) in [5.74, 6) is 0.0372. The molecule has 2 rings (SSSR count). The number of carbonyl (C=O) groups is 2. The van der Waals surface area contributed by atoms with Crippen molar-refractivity contribution in [1.82, 2.24) is 9.97 Å². The monoisotopic (exact) mass is 190 g/mol. The van der Waals surface area contributed by atoms with Crippen LogP contribution in [-0.2, 0) is 9.59 Å². The van der Waals surface area contributed by atoms with E-state index in [-0.39, 0.29) is 23.9 Å². The van der Waals surface area contributed by atoms with Crippen molar-refractivity contribution in [3.8, 4) is 0 Å². The Morgan fingerprint density at radius 1 is 1.07 bits per heavy atom. The van der Waals surface area contributed by atoms with Crippen molar-refractivity contribution in [3.05, 3.63) is 24.3 Å². The molecule has 0 aliphatic heterocycles. The smallest absolute Gasteiger partial charge is 0.140 e. The van der Waals surface area contributed by atoms with Gasteiger partial charge in [-0.25, -0.2) is 9.97 Å². The fraction of sp³-hybridized carbons (Fsp3) is 0.400. The number of Topliss-reactive ketones (excluding diaryl/α,β-unsaturated/α-hetero) is 2.